The van der Waals surface area contributed by atoms with Gasteiger partial charge in [-0.3, -0.25) is 0 Å². The number of alkyl halides is 3. The predicted octanol–water partition coefficient (Wildman–Crippen LogP) is 3.77. The van der Waals surface area contributed by atoms with Crippen molar-refractivity contribution in [3.8, 4) is 0 Å². The molecule has 0 amide bonds. The smallest absolute Gasteiger partial charge is 0.240 e. The van der Waals surface area contributed by atoms with Gasteiger partial charge in [0.1, 0.15) is 6.33 Å². The minimum absolute atomic E-state index is 0.0290. The molecular formula is C12H11F3N2. The normalized spacial score (nSPS) is 12.4. The molecule has 0 aliphatic rings. The van der Waals surface area contributed by atoms with Crippen LogP contribution in [0.25, 0.3) is 10.9 Å². The summed E-state index contributed by atoms with van der Waals surface area (Å²) in [6.45, 7) is 3.78. The summed E-state index contributed by atoms with van der Waals surface area (Å²) in [6, 6.07) is 4.06. The van der Waals surface area contributed by atoms with Gasteiger partial charge >= 0.3 is 6.18 Å². The summed E-state index contributed by atoms with van der Waals surface area (Å²) in [4.78, 5) is 7.81. The van der Waals surface area contributed by atoms with Gasteiger partial charge in [-0.05, 0) is 12.0 Å². The lowest BCUT2D eigenvalue weighted by Gasteiger charge is -2.12. The molecule has 0 saturated heterocycles. The lowest BCUT2D eigenvalue weighted by molar-refractivity contribution is -0.136. The zero-order valence-electron chi connectivity index (χ0n) is 9.42. The summed E-state index contributed by atoms with van der Waals surface area (Å²) < 4.78 is 38.4. The van der Waals surface area contributed by atoms with Crippen molar-refractivity contribution in [1.82, 2.24) is 9.97 Å². The van der Waals surface area contributed by atoms with Gasteiger partial charge in [-0.1, -0.05) is 26.0 Å². The Morgan fingerprint density at radius 3 is 2.41 bits per heavy atom. The molecule has 90 valence electrons. The van der Waals surface area contributed by atoms with Crippen molar-refractivity contribution in [2.75, 3.05) is 0 Å². The molecule has 0 atom stereocenters. The maximum atomic E-state index is 12.8. The number of benzene rings is 1. The third-order valence-corrected chi connectivity index (χ3v) is 2.55. The zero-order valence-corrected chi connectivity index (χ0v) is 9.42. The van der Waals surface area contributed by atoms with E-state index in [1.807, 2.05) is 13.8 Å². The van der Waals surface area contributed by atoms with E-state index in [9.17, 15) is 13.2 Å². The van der Waals surface area contributed by atoms with Crippen LogP contribution >= 0.6 is 0 Å². The van der Waals surface area contributed by atoms with E-state index in [4.69, 9.17) is 0 Å². The number of hydrogen-bond donors (Lipinski definition) is 0. The SMILES string of the molecule is CC(C)c1ncnc2c(C(F)(F)F)cccc12. The molecule has 0 fully saturated rings. The first-order chi connectivity index (χ1) is 7.91. The van der Waals surface area contributed by atoms with Crippen LogP contribution in [0.3, 0.4) is 0 Å². The van der Waals surface area contributed by atoms with E-state index < -0.39 is 11.7 Å². The second-order valence-corrected chi connectivity index (χ2v) is 4.11. The van der Waals surface area contributed by atoms with E-state index >= 15 is 0 Å². The van der Waals surface area contributed by atoms with E-state index in [0.29, 0.717) is 11.1 Å². The van der Waals surface area contributed by atoms with Gasteiger partial charge < -0.3 is 0 Å². The molecule has 17 heavy (non-hydrogen) atoms. The summed E-state index contributed by atoms with van der Waals surface area (Å²) in [5, 5.41) is 0.470. The van der Waals surface area contributed by atoms with Crippen LogP contribution in [0, 0.1) is 0 Å². The maximum Gasteiger partial charge on any atom is 0.418 e. The van der Waals surface area contributed by atoms with Gasteiger partial charge in [0.25, 0.3) is 0 Å². The summed E-state index contributed by atoms with van der Waals surface area (Å²) in [6.07, 6.45) is -3.20. The molecule has 0 unspecified atom stereocenters. The van der Waals surface area contributed by atoms with Crippen LogP contribution in [0.5, 0.6) is 0 Å². The van der Waals surface area contributed by atoms with Crippen molar-refractivity contribution in [1.29, 1.82) is 0 Å². The number of para-hydroxylation sites is 1. The third kappa shape index (κ3) is 2.09. The Kier molecular flexibility index (Phi) is 2.77. The van der Waals surface area contributed by atoms with Gasteiger partial charge in [-0.15, -0.1) is 0 Å². The number of fused-ring (bicyclic) bond motifs is 1. The predicted molar refractivity (Wildman–Crippen MR) is 58.6 cm³/mol. The summed E-state index contributed by atoms with van der Waals surface area (Å²) in [5.41, 5.74) is -0.0981. The van der Waals surface area contributed by atoms with Crippen molar-refractivity contribution >= 4 is 10.9 Å². The van der Waals surface area contributed by atoms with E-state index in [1.165, 1.54) is 12.4 Å². The largest absolute Gasteiger partial charge is 0.418 e. The molecule has 2 aromatic rings. The molecule has 0 saturated carbocycles. The van der Waals surface area contributed by atoms with Crippen molar-refractivity contribution < 1.29 is 13.2 Å². The van der Waals surface area contributed by atoms with Gasteiger partial charge in [-0.2, -0.15) is 13.2 Å². The summed E-state index contributed by atoms with van der Waals surface area (Å²) in [7, 11) is 0. The molecule has 5 heteroatoms. The maximum absolute atomic E-state index is 12.8. The highest BCUT2D eigenvalue weighted by molar-refractivity contribution is 5.84. The number of aromatic nitrogens is 2. The highest BCUT2D eigenvalue weighted by atomic mass is 19.4. The molecule has 2 nitrogen and oxygen atoms in total. The molecule has 1 heterocycles. The molecule has 0 N–H and O–H groups in total. The van der Waals surface area contributed by atoms with E-state index in [2.05, 4.69) is 9.97 Å². The van der Waals surface area contributed by atoms with Gasteiger partial charge in [-0.25, -0.2) is 9.97 Å². The second kappa shape index (κ2) is 3.98. The van der Waals surface area contributed by atoms with Crippen molar-refractivity contribution in [3.05, 3.63) is 35.8 Å². The third-order valence-electron chi connectivity index (χ3n) is 2.55. The standard InChI is InChI=1S/C12H11F3N2/c1-7(2)10-8-4-3-5-9(12(13,14)15)11(8)17-6-16-10/h3-7H,1-2H3. The minimum Gasteiger partial charge on any atom is -0.240 e. The van der Waals surface area contributed by atoms with Gasteiger partial charge in [0.05, 0.1) is 16.8 Å². The molecule has 0 aliphatic heterocycles. The van der Waals surface area contributed by atoms with Crippen LogP contribution in [0.1, 0.15) is 31.0 Å². The first-order valence-corrected chi connectivity index (χ1v) is 5.22. The average Bonchev–Trinajstić information content (AvgIpc) is 2.26. The topological polar surface area (TPSA) is 25.8 Å². The Morgan fingerprint density at radius 2 is 1.82 bits per heavy atom. The molecule has 0 aliphatic carbocycles. The highest BCUT2D eigenvalue weighted by Gasteiger charge is 2.33. The summed E-state index contributed by atoms with van der Waals surface area (Å²) in [5.74, 6) is 0.0592. The van der Waals surface area contributed by atoms with Crippen LogP contribution in [0.4, 0.5) is 13.2 Å². The van der Waals surface area contributed by atoms with Crippen LogP contribution in [-0.2, 0) is 6.18 Å². The molecule has 2 rings (SSSR count). The average molecular weight is 240 g/mol. The van der Waals surface area contributed by atoms with Crippen LogP contribution < -0.4 is 0 Å². The van der Waals surface area contributed by atoms with Crippen molar-refractivity contribution in [2.45, 2.75) is 25.9 Å². The van der Waals surface area contributed by atoms with Crippen LogP contribution in [0.2, 0.25) is 0 Å². The molecule has 1 aromatic carbocycles. The number of nitrogens with zero attached hydrogens (tertiary/aromatic N) is 2. The number of halogens is 3. The van der Waals surface area contributed by atoms with Crippen molar-refractivity contribution in [2.24, 2.45) is 0 Å². The zero-order chi connectivity index (χ0) is 12.6. The van der Waals surface area contributed by atoms with E-state index in [0.717, 1.165) is 6.07 Å². The van der Waals surface area contributed by atoms with Gasteiger partial charge in [0, 0.05) is 5.39 Å². The Balaban J connectivity index is 2.79. The molecular weight excluding hydrogens is 229 g/mol. The Bertz CT molecular complexity index is 547. The van der Waals surface area contributed by atoms with E-state index in [-0.39, 0.29) is 11.4 Å². The highest BCUT2D eigenvalue weighted by Crippen LogP contribution is 2.35. The Labute approximate surface area is 96.5 Å². The quantitative estimate of drug-likeness (QED) is 0.758. The molecule has 0 bridgehead atoms. The Morgan fingerprint density at radius 1 is 1.12 bits per heavy atom. The van der Waals surface area contributed by atoms with Gasteiger partial charge in [0.2, 0.25) is 0 Å². The number of hydrogen-bond acceptors (Lipinski definition) is 2. The van der Waals surface area contributed by atoms with Crippen LogP contribution in [-0.4, -0.2) is 9.97 Å². The number of rotatable bonds is 1. The fourth-order valence-electron chi connectivity index (χ4n) is 1.80. The Hall–Kier alpha value is -1.65. The fourth-order valence-corrected chi connectivity index (χ4v) is 1.80. The fraction of sp³-hybridized carbons (Fsp3) is 0.333. The lowest BCUT2D eigenvalue weighted by atomic mass is 10.0. The first-order valence-electron chi connectivity index (χ1n) is 5.22. The van der Waals surface area contributed by atoms with Crippen LogP contribution in [0.15, 0.2) is 24.5 Å². The first kappa shape index (κ1) is 11.8. The minimum atomic E-state index is -4.39. The summed E-state index contributed by atoms with van der Waals surface area (Å²) >= 11 is 0. The lowest BCUT2D eigenvalue weighted by Crippen LogP contribution is -2.07. The second-order valence-electron chi connectivity index (χ2n) is 4.11. The van der Waals surface area contributed by atoms with Crippen molar-refractivity contribution in [3.63, 3.8) is 0 Å². The molecule has 0 spiro atoms. The van der Waals surface area contributed by atoms with E-state index in [1.54, 1.807) is 6.07 Å². The molecule has 0 radical (unpaired) electrons. The molecule has 1 aromatic heterocycles. The van der Waals surface area contributed by atoms with Gasteiger partial charge in [0.15, 0.2) is 0 Å². The monoisotopic (exact) mass is 240 g/mol.